The van der Waals surface area contributed by atoms with Gasteiger partial charge in [-0.25, -0.2) is 4.98 Å². The first kappa shape index (κ1) is 14.3. The van der Waals surface area contributed by atoms with Crippen molar-refractivity contribution in [1.82, 2.24) is 4.98 Å². The maximum Gasteiger partial charge on any atom is 0.262 e. The Labute approximate surface area is 121 Å². The summed E-state index contributed by atoms with van der Waals surface area (Å²) >= 11 is 5.84. The summed E-state index contributed by atoms with van der Waals surface area (Å²) in [7, 11) is 0. The molecule has 5 nitrogen and oxygen atoms in total. The van der Waals surface area contributed by atoms with Crippen LogP contribution in [0.1, 0.15) is 5.56 Å². The average Bonchev–Trinajstić information content (AvgIpc) is 2.48. The smallest absolute Gasteiger partial charge is 0.262 e. The fourth-order valence-electron chi connectivity index (χ4n) is 1.58. The van der Waals surface area contributed by atoms with Gasteiger partial charge in [-0.15, -0.1) is 0 Å². The number of carbonyl (C=O) groups excluding carboxylic acids is 1. The van der Waals surface area contributed by atoms with Gasteiger partial charge >= 0.3 is 0 Å². The molecule has 2 aromatic rings. The van der Waals surface area contributed by atoms with Gasteiger partial charge in [-0.1, -0.05) is 23.7 Å². The second kappa shape index (κ2) is 6.88. The van der Waals surface area contributed by atoms with Crippen LogP contribution in [0.4, 0.5) is 5.69 Å². The molecule has 0 saturated heterocycles. The first-order chi connectivity index (χ1) is 9.69. The third-order valence-electron chi connectivity index (χ3n) is 2.54. The van der Waals surface area contributed by atoms with Crippen LogP contribution in [0.25, 0.3) is 0 Å². The van der Waals surface area contributed by atoms with Crippen LogP contribution in [0.3, 0.4) is 0 Å². The molecule has 0 atom stereocenters. The molecule has 1 amide bonds. The van der Waals surface area contributed by atoms with Gasteiger partial charge < -0.3 is 15.8 Å². The van der Waals surface area contributed by atoms with Gasteiger partial charge in [-0.2, -0.15) is 0 Å². The molecule has 1 aromatic heterocycles. The molecule has 0 spiro atoms. The lowest BCUT2D eigenvalue weighted by Gasteiger charge is -2.09. The number of pyridine rings is 1. The normalized spacial score (nSPS) is 10.1. The molecule has 104 valence electrons. The molecule has 0 unspecified atom stereocenters. The van der Waals surface area contributed by atoms with Gasteiger partial charge in [0.25, 0.3) is 5.91 Å². The summed E-state index contributed by atoms with van der Waals surface area (Å²) in [6, 6.07) is 10.6. The molecule has 2 rings (SSSR count). The number of amides is 1. The van der Waals surface area contributed by atoms with Gasteiger partial charge in [-0.3, -0.25) is 4.79 Å². The van der Waals surface area contributed by atoms with Gasteiger partial charge in [-0.05, 0) is 29.8 Å². The molecule has 0 fully saturated rings. The highest BCUT2D eigenvalue weighted by atomic mass is 35.5. The molecule has 1 heterocycles. The van der Waals surface area contributed by atoms with Crippen molar-refractivity contribution < 1.29 is 9.53 Å². The summed E-state index contributed by atoms with van der Waals surface area (Å²) in [5.74, 6) is 0.290. The van der Waals surface area contributed by atoms with Crippen LogP contribution in [0.2, 0.25) is 5.15 Å². The fraction of sp³-hybridized carbons (Fsp3) is 0.143. The van der Waals surface area contributed by atoms with E-state index in [0.29, 0.717) is 18.0 Å². The third-order valence-corrected chi connectivity index (χ3v) is 2.84. The Morgan fingerprint density at radius 1 is 1.35 bits per heavy atom. The van der Waals surface area contributed by atoms with Crippen LogP contribution in [0.5, 0.6) is 5.75 Å². The first-order valence-electron chi connectivity index (χ1n) is 6.01. The molecule has 20 heavy (non-hydrogen) atoms. The lowest BCUT2D eigenvalue weighted by Crippen LogP contribution is -2.20. The number of hydrogen-bond acceptors (Lipinski definition) is 4. The monoisotopic (exact) mass is 291 g/mol. The van der Waals surface area contributed by atoms with Crippen molar-refractivity contribution in [1.29, 1.82) is 0 Å². The highest BCUT2D eigenvalue weighted by Crippen LogP contribution is 2.17. The Kier molecular flexibility index (Phi) is 4.92. The second-order valence-electron chi connectivity index (χ2n) is 4.03. The van der Waals surface area contributed by atoms with Crippen molar-refractivity contribution in [2.45, 2.75) is 6.54 Å². The van der Waals surface area contributed by atoms with Crippen molar-refractivity contribution >= 4 is 23.2 Å². The lowest BCUT2D eigenvalue weighted by atomic mass is 10.2. The molecule has 0 bridgehead atoms. The number of carbonyl (C=O) groups is 1. The van der Waals surface area contributed by atoms with Crippen molar-refractivity contribution in [3.63, 3.8) is 0 Å². The van der Waals surface area contributed by atoms with E-state index in [2.05, 4.69) is 10.3 Å². The number of rotatable bonds is 5. The summed E-state index contributed by atoms with van der Waals surface area (Å²) in [6.45, 7) is 0.313. The first-order valence-corrected chi connectivity index (χ1v) is 6.39. The largest absolute Gasteiger partial charge is 0.484 e. The minimum atomic E-state index is -0.307. The molecular weight excluding hydrogens is 278 g/mol. The van der Waals surface area contributed by atoms with E-state index in [1.807, 2.05) is 12.1 Å². The van der Waals surface area contributed by atoms with Crippen molar-refractivity contribution in [3.05, 3.63) is 53.3 Å². The second-order valence-corrected chi connectivity index (χ2v) is 4.39. The number of nitrogens with two attached hydrogens (primary N) is 1. The number of anilines is 1. The van der Waals surface area contributed by atoms with Gasteiger partial charge in [0.05, 0.1) is 5.69 Å². The zero-order valence-corrected chi connectivity index (χ0v) is 11.4. The predicted molar refractivity (Wildman–Crippen MR) is 77.7 cm³/mol. The van der Waals surface area contributed by atoms with Crippen LogP contribution in [-0.4, -0.2) is 17.5 Å². The van der Waals surface area contributed by atoms with Crippen LogP contribution < -0.4 is 15.8 Å². The van der Waals surface area contributed by atoms with E-state index in [-0.39, 0.29) is 17.7 Å². The van der Waals surface area contributed by atoms with Crippen LogP contribution in [0.15, 0.2) is 42.6 Å². The summed E-state index contributed by atoms with van der Waals surface area (Å²) in [4.78, 5) is 15.6. The van der Waals surface area contributed by atoms with Crippen LogP contribution in [0, 0.1) is 0 Å². The highest BCUT2D eigenvalue weighted by molar-refractivity contribution is 6.32. The molecule has 1 aromatic carbocycles. The number of benzene rings is 1. The number of ether oxygens (including phenoxy) is 1. The van der Waals surface area contributed by atoms with Crippen molar-refractivity contribution in [2.75, 3.05) is 11.9 Å². The molecular formula is C14H14ClN3O2. The minimum absolute atomic E-state index is 0.112. The van der Waals surface area contributed by atoms with Gasteiger partial charge in [0.2, 0.25) is 0 Å². The number of nitrogens with one attached hydrogen (secondary N) is 1. The van der Waals surface area contributed by atoms with Crippen LogP contribution in [-0.2, 0) is 11.3 Å². The summed E-state index contributed by atoms with van der Waals surface area (Å²) in [5.41, 5.74) is 6.94. The number of hydrogen-bond donors (Lipinski definition) is 2. The molecule has 0 aliphatic rings. The number of halogens is 1. The predicted octanol–water partition coefficient (Wildman–Crippen LogP) is 2.21. The number of aromatic nitrogens is 1. The lowest BCUT2D eigenvalue weighted by molar-refractivity contribution is -0.118. The maximum atomic E-state index is 11.7. The van der Waals surface area contributed by atoms with E-state index < -0.39 is 0 Å². The Hall–Kier alpha value is -2.11. The summed E-state index contributed by atoms with van der Waals surface area (Å²) in [5, 5.41) is 2.87. The van der Waals surface area contributed by atoms with E-state index >= 15 is 0 Å². The fourth-order valence-corrected chi connectivity index (χ4v) is 1.74. The highest BCUT2D eigenvalue weighted by Gasteiger charge is 2.07. The van der Waals surface area contributed by atoms with Crippen molar-refractivity contribution in [2.24, 2.45) is 5.73 Å². The van der Waals surface area contributed by atoms with E-state index in [1.54, 1.807) is 30.5 Å². The van der Waals surface area contributed by atoms with Gasteiger partial charge in [0.15, 0.2) is 11.8 Å². The van der Waals surface area contributed by atoms with Gasteiger partial charge in [0.1, 0.15) is 5.75 Å². The SMILES string of the molecule is NCc1cccc(OCC(=O)Nc2cccnc2Cl)c1. The average molecular weight is 292 g/mol. The van der Waals surface area contributed by atoms with Gasteiger partial charge in [0, 0.05) is 12.7 Å². The zero-order chi connectivity index (χ0) is 14.4. The van der Waals surface area contributed by atoms with E-state index in [1.165, 1.54) is 0 Å². The van der Waals surface area contributed by atoms with E-state index in [4.69, 9.17) is 22.1 Å². The number of nitrogens with zero attached hydrogens (tertiary/aromatic N) is 1. The molecule has 0 radical (unpaired) electrons. The summed E-state index contributed by atoms with van der Waals surface area (Å²) in [6.07, 6.45) is 1.55. The Morgan fingerprint density at radius 3 is 2.95 bits per heavy atom. The quantitative estimate of drug-likeness (QED) is 0.828. The zero-order valence-electron chi connectivity index (χ0n) is 10.7. The summed E-state index contributed by atoms with van der Waals surface area (Å²) < 4.78 is 5.39. The minimum Gasteiger partial charge on any atom is -0.484 e. The maximum absolute atomic E-state index is 11.7. The van der Waals surface area contributed by atoms with Crippen molar-refractivity contribution in [3.8, 4) is 5.75 Å². The Morgan fingerprint density at radius 2 is 2.20 bits per heavy atom. The standard InChI is InChI=1S/C14H14ClN3O2/c15-14-12(5-2-6-17-14)18-13(19)9-20-11-4-1-3-10(7-11)8-16/h1-7H,8-9,16H2,(H,18,19). The molecule has 0 saturated carbocycles. The van der Waals surface area contributed by atoms with Crippen LogP contribution >= 0.6 is 11.6 Å². The van der Waals surface area contributed by atoms with E-state index in [9.17, 15) is 4.79 Å². The van der Waals surface area contributed by atoms with E-state index in [0.717, 1.165) is 5.56 Å². The Balaban J connectivity index is 1.90. The molecule has 0 aliphatic carbocycles. The molecule has 3 N–H and O–H groups in total. The molecule has 0 aliphatic heterocycles. The topological polar surface area (TPSA) is 77.2 Å². The third kappa shape index (κ3) is 3.94. The molecule has 6 heteroatoms. The Bertz CT molecular complexity index is 604.